The molecule has 1 amide bonds. The van der Waals surface area contributed by atoms with Crippen molar-refractivity contribution in [2.24, 2.45) is 5.92 Å². The molecule has 1 aliphatic carbocycles. The zero-order valence-electron chi connectivity index (χ0n) is 11.4. The fourth-order valence-corrected chi connectivity index (χ4v) is 3.82. The third kappa shape index (κ3) is 3.07. The van der Waals surface area contributed by atoms with E-state index in [1.54, 1.807) is 22.3 Å². The van der Waals surface area contributed by atoms with Crippen LogP contribution in [0.5, 0.6) is 0 Å². The van der Waals surface area contributed by atoms with Gasteiger partial charge in [-0.05, 0) is 30.7 Å². The third-order valence-corrected chi connectivity index (χ3v) is 4.69. The summed E-state index contributed by atoms with van der Waals surface area (Å²) in [5, 5.41) is 11.0. The molecule has 104 valence electrons. The Balaban J connectivity index is 2.21. The van der Waals surface area contributed by atoms with Crippen LogP contribution in [0.1, 0.15) is 34.1 Å². The Morgan fingerprint density at radius 1 is 1.68 bits per heavy atom. The van der Waals surface area contributed by atoms with Gasteiger partial charge in [-0.25, -0.2) is 0 Å². The summed E-state index contributed by atoms with van der Waals surface area (Å²) in [5.41, 5.74) is 2.07. The van der Waals surface area contributed by atoms with Crippen LogP contribution in [0.2, 0.25) is 0 Å². The van der Waals surface area contributed by atoms with E-state index in [2.05, 4.69) is 13.5 Å². The van der Waals surface area contributed by atoms with E-state index in [0.717, 1.165) is 30.7 Å². The number of rotatable bonds is 5. The molecule has 0 saturated carbocycles. The number of hydrogen-bond donors (Lipinski definition) is 1. The lowest BCUT2D eigenvalue weighted by Crippen LogP contribution is -2.34. The molecular formula is C15H21NO2S. The van der Waals surface area contributed by atoms with Gasteiger partial charge in [0.15, 0.2) is 0 Å². The van der Waals surface area contributed by atoms with Crippen LogP contribution in [-0.2, 0) is 12.8 Å². The third-order valence-electron chi connectivity index (χ3n) is 3.64. The van der Waals surface area contributed by atoms with E-state index in [9.17, 15) is 4.79 Å². The standard InChI is InChI=1S/C15H21NO2S/c1-3-6-16(7-8-17)15(18)13-10-19-14-9-11(2)4-5-12(13)14/h3,10-11,17H,1,4-9H2,2H3. The Labute approximate surface area is 118 Å². The zero-order chi connectivity index (χ0) is 13.8. The molecule has 1 atom stereocenters. The number of aliphatic hydroxyl groups excluding tert-OH is 1. The molecule has 1 aromatic heterocycles. The summed E-state index contributed by atoms with van der Waals surface area (Å²) in [7, 11) is 0. The Kier molecular flexibility index (Phi) is 4.77. The summed E-state index contributed by atoms with van der Waals surface area (Å²) >= 11 is 1.70. The van der Waals surface area contributed by atoms with Gasteiger partial charge in [0.1, 0.15) is 0 Å². The van der Waals surface area contributed by atoms with Gasteiger partial charge in [0.2, 0.25) is 0 Å². The first-order chi connectivity index (χ1) is 9.17. The summed E-state index contributed by atoms with van der Waals surface area (Å²) in [4.78, 5) is 15.5. The van der Waals surface area contributed by atoms with Gasteiger partial charge in [0.25, 0.3) is 5.91 Å². The van der Waals surface area contributed by atoms with Gasteiger partial charge in [-0.2, -0.15) is 0 Å². The highest BCUT2D eigenvalue weighted by Gasteiger charge is 2.25. The van der Waals surface area contributed by atoms with Gasteiger partial charge >= 0.3 is 0 Å². The predicted octanol–water partition coefficient (Wildman–Crippen LogP) is 2.49. The molecule has 3 nitrogen and oxygen atoms in total. The van der Waals surface area contributed by atoms with Crippen LogP contribution in [0, 0.1) is 5.92 Å². The van der Waals surface area contributed by atoms with Gasteiger partial charge in [0, 0.05) is 23.3 Å². The van der Waals surface area contributed by atoms with Crippen molar-refractivity contribution in [3.8, 4) is 0 Å². The van der Waals surface area contributed by atoms with E-state index in [0.29, 0.717) is 13.1 Å². The van der Waals surface area contributed by atoms with Crippen molar-refractivity contribution in [2.75, 3.05) is 19.7 Å². The summed E-state index contributed by atoms with van der Waals surface area (Å²) < 4.78 is 0. The quantitative estimate of drug-likeness (QED) is 0.841. The second kappa shape index (κ2) is 6.35. The van der Waals surface area contributed by atoms with Crippen LogP contribution < -0.4 is 0 Å². The van der Waals surface area contributed by atoms with Crippen molar-refractivity contribution < 1.29 is 9.90 Å². The maximum atomic E-state index is 12.5. The van der Waals surface area contributed by atoms with Gasteiger partial charge in [0.05, 0.1) is 12.2 Å². The number of nitrogens with zero attached hydrogens (tertiary/aromatic N) is 1. The molecule has 0 aromatic carbocycles. The average Bonchev–Trinajstić information content (AvgIpc) is 2.80. The highest BCUT2D eigenvalue weighted by atomic mass is 32.1. The van der Waals surface area contributed by atoms with E-state index >= 15 is 0 Å². The zero-order valence-corrected chi connectivity index (χ0v) is 12.2. The topological polar surface area (TPSA) is 40.5 Å². The van der Waals surface area contributed by atoms with Gasteiger partial charge < -0.3 is 10.0 Å². The van der Waals surface area contributed by atoms with Crippen molar-refractivity contribution in [3.63, 3.8) is 0 Å². The Morgan fingerprint density at radius 3 is 3.16 bits per heavy atom. The fraction of sp³-hybridized carbons (Fsp3) is 0.533. The fourth-order valence-electron chi connectivity index (χ4n) is 2.58. The minimum atomic E-state index is -0.0110. The molecule has 0 saturated heterocycles. The Hall–Kier alpha value is -1.13. The Morgan fingerprint density at radius 2 is 2.47 bits per heavy atom. The second-order valence-electron chi connectivity index (χ2n) is 5.16. The summed E-state index contributed by atoms with van der Waals surface area (Å²) in [6.45, 7) is 6.78. The molecule has 0 fully saturated rings. The lowest BCUT2D eigenvalue weighted by molar-refractivity contribution is 0.0742. The van der Waals surface area contributed by atoms with Crippen LogP contribution in [-0.4, -0.2) is 35.6 Å². The maximum absolute atomic E-state index is 12.5. The largest absolute Gasteiger partial charge is 0.395 e. The van der Waals surface area contributed by atoms with E-state index in [1.807, 2.05) is 5.38 Å². The number of carbonyl (C=O) groups excluding carboxylic acids is 1. The molecular weight excluding hydrogens is 258 g/mol. The highest BCUT2D eigenvalue weighted by molar-refractivity contribution is 7.10. The predicted molar refractivity (Wildman–Crippen MR) is 78.7 cm³/mol. The number of hydrogen-bond acceptors (Lipinski definition) is 3. The first-order valence-electron chi connectivity index (χ1n) is 6.77. The van der Waals surface area contributed by atoms with Crippen molar-refractivity contribution in [1.82, 2.24) is 4.90 Å². The van der Waals surface area contributed by atoms with Crippen molar-refractivity contribution in [2.45, 2.75) is 26.2 Å². The average molecular weight is 279 g/mol. The number of amides is 1. The van der Waals surface area contributed by atoms with E-state index in [1.165, 1.54) is 10.4 Å². The minimum Gasteiger partial charge on any atom is -0.395 e. The molecule has 0 aliphatic heterocycles. The number of carbonyl (C=O) groups is 1. The lowest BCUT2D eigenvalue weighted by Gasteiger charge is -2.22. The molecule has 1 aliphatic rings. The first-order valence-corrected chi connectivity index (χ1v) is 7.65. The van der Waals surface area contributed by atoms with E-state index < -0.39 is 0 Å². The first kappa shape index (κ1) is 14.3. The minimum absolute atomic E-state index is 0.0110. The van der Waals surface area contributed by atoms with Crippen molar-refractivity contribution >= 4 is 17.2 Å². The molecule has 1 heterocycles. The lowest BCUT2D eigenvalue weighted by atomic mass is 9.88. The Bertz CT molecular complexity index is 467. The molecule has 4 heteroatoms. The molecule has 1 aromatic rings. The monoisotopic (exact) mass is 279 g/mol. The molecule has 1 unspecified atom stereocenters. The molecule has 0 radical (unpaired) electrons. The van der Waals surface area contributed by atoms with Crippen LogP contribution in [0.4, 0.5) is 0 Å². The van der Waals surface area contributed by atoms with E-state index in [4.69, 9.17) is 5.11 Å². The molecule has 1 N–H and O–H groups in total. The van der Waals surface area contributed by atoms with Gasteiger partial charge in [-0.3, -0.25) is 4.79 Å². The van der Waals surface area contributed by atoms with Crippen LogP contribution in [0.15, 0.2) is 18.0 Å². The smallest absolute Gasteiger partial charge is 0.255 e. The maximum Gasteiger partial charge on any atom is 0.255 e. The molecule has 0 spiro atoms. The molecule has 0 bridgehead atoms. The number of fused-ring (bicyclic) bond motifs is 1. The summed E-state index contributed by atoms with van der Waals surface area (Å²) in [5.74, 6) is 0.747. The van der Waals surface area contributed by atoms with Crippen LogP contribution >= 0.6 is 11.3 Å². The number of thiophene rings is 1. The summed E-state index contributed by atoms with van der Waals surface area (Å²) in [6.07, 6.45) is 4.96. The second-order valence-corrected chi connectivity index (χ2v) is 6.13. The SMILES string of the molecule is C=CCN(CCO)C(=O)c1csc2c1CCC(C)C2. The van der Waals surface area contributed by atoms with Gasteiger partial charge in [-0.15, -0.1) is 17.9 Å². The van der Waals surface area contributed by atoms with E-state index in [-0.39, 0.29) is 12.5 Å². The van der Waals surface area contributed by atoms with Gasteiger partial charge in [-0.1, -0.05) is 13.0 Å². The highest BCUT2D eigenvalue weighted by Crippen LogP contribution is 2.33. The van der Waals surface area contributed by atoms with Crippen LogP contribution in [0.25, 0.3) is 0 Å². The van der Waals surface area contributed by atoms with Crippen molar-refractivity contribution in [3.05, 3.63) is 34.0 Å². The van der Waals surface area contributed by atoms with Crippen molar-refractivity contribution in [1.29, 1.82) is 0 Å². The molecule has 2 rings (SSSR count). The molecule has 19 heavy (non-hydrogen) atoms. The summed E-state index contributed by atoms with van der Waals surface area (Å²) in [6, 6.07) is 0. The number of aliphatic hydroxyl groups is 1. The normalized spacial score (nSPS) is 17.9. The van der Waals surface area contributed by atoms with Crippen LogP contribution in [0.3, 0.4) is 0 Å².